The number of rotatable bonds is 4. The van der Waals surface area contributed by atoms with Crippen molar-refractivity contribution in [2.45, 2.75) is 6.18 Å². The molecule has 7 nitrogen and oxygen atoms in total. The van der Waals surface area contributed by atoms with Crippen LogP contribution in [0.4, 0.5) is 30.6 Å². The summed E-state index contributed by atoms with van der Waals surface area (Å²) in [6, 6.07) is 3.56. The van der Waals surface area contributed by atoms with Gasteiger partial charge in [-0.2, -0.15) is 23.3 Å². The highest BCUT2D eigenvalue weighted by Crippen LogP contribution is 2.36. The number of hydrogen-bond donors (Lipinski definition) is 2. The highest BCUT2D eigenvalue weighted by molar-refractivity contribution is 5.96. The molecule has 0 atom stereocenters. The Morgan fingerprint density at radius 1 is 1.20 bits per heavy atom. The molecule has 0 spiro atoms. The number of methoxy groups -OCH3 is 1. The van der Waals surface area contributed by atoms with Gasteiger partial charge in [-0.25, -0.2) is 4.98 Å². The van der Waals surface area contributed by atoms with Gasteiger partial charge in [0.25, 0.3) is 0 Å². The highest BCUT2D eigenvalue weighted by Gasteiger charge is 2.35. The van der Waals surface area contributed by atoms with Crippen molar-refractivity contribution in [1.82, 2.24) is 19.7 Å². The van der Waals surface area contributed by atoms with Crippen LogP contribution in [0.15, 0.2) is 24.5 Å². The van der Waals surface area contributed by atoms with Gasteiger partial charge in [-0.3, -0.25) is 4.68 Å². The molecule has 0 bridgehead atoms. The molecule has 0 unspecified atom stereocenters. The maximum Gasteiger partial charge on any atom is 0.421 e. The van der Waals surface area contributed by atoms with Gasteiger partial charge < -0.3 is 15.4 Å². The maximum atomic E-state index is 13.0. The van der Waals surface area contributed by atoms with Crippen LogP contribution in [0.5, 0.6) is 5.75 Å². The molecule has 0 saturated carbocycles. The number of hydrogen-bond acceptors (Lipinski definition) is 6. The van der Waals surface area contributed by atoms with Crippen molar-refractivity contribution < 1.29 is 17.9 Å². The fraction of sp³-hybridized carbons (Fsp3) is 0.267. The van der Waals surface area contributed by atoms with Gasteiger partial charge >= 0.3 is 6.18 Å². The van der Waals surface area contributed by atoms with Crippen LogP contribution in [-0.4, -0.2) is 33.9 Å². The van der Waals surface area contributed by atoms with E-state index in [1.165, 1.54) is 14.2 Å². The molecule has 1 aromatic carbocycles. The second kappa shape index (κ2) is 6.11. The molecule has 2 aromatic heterocycles. The van der Waals surface area contributed by atoms with Crippen molar-refractivity contribution in [1.29, 1.82) is 0 Å². The molecule has 0 radical (unpaired) electrons. The van der Waals surface area contributed by atoms with Gasteiger partial charge in [0.15, 0.2) is 0 Å². The average molecular weight is 352 g/mol. The van der Waals surface area contributed by atoms with E-state index in [9.17, 15) is 13.2 Å². The Morgan fingerprint density at radius 3 is 2.60 bits per heavy atom. The first kappa shape index (κ1) is 16.8. The third-order valence-corrected chi connectivity index (χ3v) is 3.68. The van der Waals surface area contributed by atoms with E-state index in [1.807, 2.05) is 6.07 Å². The monoisotopic (exact) mass is 352 g/mol. The molecule has 132 valence electrons. The van der Waals surface area contributed by atoms with Crippen LogP contribution in [0.2, 0.25) is 0 Å². The maximum absolute atomic E-state index is 13.0. The molecule has 2 heterocycles. The molecular formula is C15H15F3N6O. The predicted octanol–water partition coefficient (Wildman–Crippen LogP) is 3.18. The van der Waals surface area contributed by atoms with E-state index in [-0.39, 0.29) is 11.8 Å². The lowest BCUT2D eigenvalue weighted by Crippen LogP contribution is -2.12. The Labute approximate surface area is 140 Å². The van der Waals surface area contributed by atoms with Gasteiger partial charge in [-0.15, -0.1) is 0 Å². The predicted molar refractivity (Wildman–Crippen MR) is 87.1 cm³/mol. The first-order valence-electron chi connectivity index (χ1n) is 7.23. The third kappa shape index (κ3) is 3.02. The number of nitrogens with zero attached hydrogens (tertiary/aromatic N) is 4. The number of aromatic nitrogens is 4. The van der Waals surface area contributed by atoms with E-state index < -0.39 is 11.7 Å². The summed E-state index contributed by atoms with van der Waals surface area (Å²) in [6.07, 6.45) is -2.18. The van der Waals surface area contributed by atoms with E-state index in [2.05, 4.69) is 25.7 Å². The van der Waals surface area contributed by atoms with Crippen LogP contribution >= 0.6 is 0 Å². The quantitative estimate of drug-likeness (QED) is 0.751. The summed E-state index contributed by atoms with van der Waals surface area (Å²) < 4.78 is 45.8. The summed E-state index contributed by atoms with van der Waals surface area (Å²) in [5, 5.41) is 10.3. The summed E-state index contributed by atoms with van der Waals surface area (Å²) >= 11 is 0. The van der Waals surface area contributed by atoms with Gasteiger partial charge in [0, 0.05) is 25.7 Å². The van der Waals surface area contributed by atoms with Crippen molar-refractivity contribution in [2.24, 2.45) is 7.05 Å². The third-order valence-electron chi connectivity index (χ3n) is 3.68. The summed E-state index contributed by atoms with van der Waals surface area (Å²) in [5.74, 6) is 0.185. The fourth-order valence-corrected chi connectivity index (χ4v) is 2.46. The molecule has 3 rings (SSSR count). The van der Waals surface area contributed by atoms with Crippen molar-refractivity contribution in [3.8, 4) is 5.75 Å². The number of alkyl halides is 3. The Kier molecular flexibility index (Phi) is 4.11. The van der Waals surface area contributed by atoms with Crippen molar-refractivity contribution in [3.05, 3.63) is 30.1 Å². The van der Waals surface area contributed by atoms with Crippen molar-refractivity contribution in [2.75, 3.05) is 24.8 Å². The molecule has 0 aliphatic carbocycles. The number of benzene rings is 1. The molecule has 0 aliphatic rings. The Morgan fingerprint density at radius 2 is 1.96 bits per heavy atom. The molecule has 0 amide bonds. The van der Waals surface area contributed by atoms with Gasteiger partial charge in [-0.1, -0.05) is 0 Å². The number of anilines is 3. The van der Waals surface area contributed by atoms with Crippen LogP contribution < -0.4 is 15.4 Å². The largest absolute Gasteiger partial charge is 0.495 e. The summed E-state index contributed by atoms with van der Waals surface area (Å²) in [4.78, 5) is 7.68. The van der Waals surface area contributed by atoms with Crippen LogP contribution in [-0.2, 0) is 13.2 Å². The minimum absolute atomic E-state index is 0.00648. The van der Waals surface area contributed by atoms with E-state index >= 15 is 0 Å². The summed E-state index contributed by atoms with van der Waals surface area (Å²) in [6.45, 7) is 0. The Balaban J connectivity index is 2.07. The lowest BCUT2D eigenvalue weighted by Gasteiger charge is -2.14. The summed E-state index contributed by atoms with van der Waals surface area (Å²) in [7, 11) is 4.64. The molecule has 0 aliphatic heterocycles. The second-order valence-electron chi connectivity index (χ2n) is 5.17. The van der Waals surface area contributed by atoms with E-state index in [1.54, 1.807) is 24.0 Å². The first-order valence-corrected chi connectivity index (χ1v) is 7.23. The first-order chi connectivity index (χ1) is 11.8. The summed E-state index contributed by atoms with van der Waals surface area (Å²) in [5.41, 5.74) is 0.408. The van der Waals surface area contributed by atoms with Gasteiger partial charge in [-0.05, 0) is 12.1 Å². The lowest BCUT2D eigenvalue weighted by atomic mass is 10.2. The van der Waals surface area contributed by atoms with Crippen molar-refractivity contribution in [3.63, 3.8) is 0 Å². The molecule has 0 fully saturated rings. The van der Waals surface area contributed by atoms with E-state index in [4.69, 9.17) is 4.74 Å². The lowest BCUT2D eigenvalue weighted by molar-refractivity contribution is -0.137. The Bertz CT molecular complexity index is 922. The second-order valence-corrected chi connectivity index (χ2v) is 5.17. The molecule has 3 aromatic rings. The van der Waals surface area contributed by atoms with Crippen LogP contribution in [0.1, 0.15) is 5.56 Å². The van der Waals surface area contributed by atoms with Crippen LogP contribution in [0.25, 0.3) is 10.9 Å². The topological polar surface area (TPSA) is 76.9 Å². The molecule has 10 heteroatoms. The molecule has 2 N–H and O–H groups in total. The van der Waals surface area contributed by atoms with Gasteiger partial charge in [0.2, 0.25) is 5.95 Å². The van der Waals surface area contributed by atoms with Crippen LogP contribution in [0.3, 0.4) is 0 Å². The molecule has 0 saturated heterocycles. The molecule has 25 heavy (non-hydrogen) atoms. The Hall–Kier alpha value is -3.04. The number of nitrogens with one attached hydrogen (secondary N) is 2. The average Bonchev–Trinajstić information content (AvgIpc) is 2.95. The zero-order valence-electron chi connectivity index (χ0n) is 13.6. The fourth-order valence-electron chi connectivity index (χ4n) is 2.46. The minimum Gasteiger partial charge on any atom is -0.495 e. The zero-order chi connectivity index (χ0) is 18.2. The smallest absolute Gasteiger partial charge is 0.421 e. The van der Waals surface area contributed by atoms with Gasteiger partial charge in [0.1, 0.15) is 17.1 Å². The van der Waals surface area contributed by atoms with E-state index in [0.29, 0.717) is 11.4 Å². The standard InChI is InChI=1S/C15H15F3N6O/c1-19-13-9(15(16,17)18)7-20-14(23-13)22-12-8-6-21-24(2)10(8)4-5-11(12)25-3/h4-7H,1-3H3,(H2,19,20,22,23). The SMILES string of the molecule is CNc1nc(Nc2c(OC)ccc3c2cnn3C)ncc1C(F)(F)F. The number of aryl methyl sites for hydroxylation is 1. The van der Waals surface area contributed by atoms with Gasteiger partial charge in [0.05, 0.1) is 24.5 Å². The number of ether oxygens (including phenoxy) is 1. The van der Waals surface area contributed by atoms with Crippen molar-refractivity contribution >= 4 is 28.4 Å². The number of halogens is 3. The number of fused-ring (bicyclic) bond motifs is 1. The van der Waals surface area contributed by atoms with E-state index in [0.717, 1.165) is 17.1 Å². The molecular weight excluding hydrogens is 337 g/mol. The normalized spacial score (nSPS) is 11.6. The van der Waals surface area contributed by atoms with Crippen LogP contribution in [0, 0.1) is 0 Å². The minimum atomic E-state index is -4.54. The zero-order valence-corrected chi connectivity index (χ0v) is 13.6. The highest BCUT2D eigenvalue weighted by atomic mass is 19.4.